The van der Waals surface area contributed by atoms with Crippen molar-refractivity contribution in [1.82, 2.24) is 10.3 Å². The van der Waals surface area contributed by atoms with Crippen LogP contribution in [0.5, 0.6) is 0 Å². The van der Waals surface area contributed by atoms with E-state index in [0.717, 1.165) is 38.5 Å². The summed E-state index contributed by atoms with van der Waals surface area (Å²) in [5.74, 6) is -0.578. The van der Waals surface area contributed by atoms with Crippen molar-refractivity contribution in [2.45, 2.75) is 26.2 Å². The maximum Gasteiger partial charge on any atom is 0.172 e. The molecule has 1 aromatic heterocycles. The molecular weight excluding hydrogens is 219 g/mol. The molecule has 2 rings (SSSR count). The summed E-state index contributed by atoms with van der Waals surface area (Å²) in [4.78, 5) is 16.2. The Morgan fingerprint density at radius 3 is 2.82 bits per heavy atom. The van der Waals surface area contributed by atoms with Gasteiger partial charge >= 0.3 is 0 Å². The molecule has 0 bridgehead atoms. The van der Waals surface area contributed by atoms with Crippen LogP contribution in [0.4, 0.5) is 4.39 Å². The van der Waals surface area contributed by atoms with Gasteiger partial charge in [0.15, 0.2) is 11.6 Å². The maximum atomic E-state index is 13.6. The number of nitrogens with zero attached hydrogens (tertiary/aromatic N) is 1. The first-order chi connectivity index (χ1) is 8.19. The number of aromatic nitrogens is 1. The highest BCUT2D eigenvalue weighted by molar-refractivity contribution is 6.00. The van der Waals surface area contributed by atoms with E-state index in [-0.39, 0.29) is 11.3 Å². The Kier molecular flexibility index (Phi) is 3.52. The van der Waals surface area contributed by atoms with Crippen molar-refractivity contribution in [3.63, 3.8) is 0 Å². The second-order valence-electron chi connectivity index (χ2n) is 4.57. The van der Waals surface area contributed by atoms with Gasteiger partial charge in [-0.2, -0.15) is 0 Å². The number of hydrogen-bond acceptors (Lipinski definition) is 3. The van der Waals surface area contributed by atoms with Crippen LogP contribution in [0.15, 0.2) is 18.5 Å². The molecule has 0 aliphatic carbocycles. The van der Waals surface area contributed by atoms with Gasteiger partial charge in [-0.3, -0.25) is 9.78 Å². The smallest absolute Gasteiger partial charge is 0.172 e. The molecule has 0 radical (unpaired) electrons. The largest absolute Gasteiger partial charge is 0.317 e. The van der Waals surface area contributed by atoms with E-state index in [2.05, 4.69) is 10.3 Å². The van der Waals surface area contributed by atoms with Crippen molar-refractivity contribution in [3.8, 4) is 0 Å². The van der Waals surface area contributed by atoms with Gasteiger partial charge in [0.2, 0.25) is 0 Å². The first-order valence-electron chi connectivity index (χ1n) is 6.05. The molecule has 4 heteroatoms. The highest BCUT2D eigenvalue weighted by Crippen LogP contribution is 2.36. The third-order valence-corrected chi connectivity index (χ3v) is 3.74. The molecule has 1 N–H and O–H groups in total. The van der Waals surface area contributed by atoms with E-state index >= 15 is 0 Å². The Hall–Kier alpha value is -1.29. The Balaban J connectivity index is 2.32. The molecule has 1 fully saturated rings. The molecule has 0 saturated carbocycles. The second kappa shape index (κ2) is 4.92. The predicted octanol–water partition coefficient (Wildman–Crippen LogP) is 2.18. The molecule has 1 aromatic rings. The number of pyridine rings is 1. The summed E-state index contributed by atoms with van der Waals surface area (Å²) in [7, 11) is 0. The van der Waals surface area contributed by atoms with Crippen LogP contribution in [-0.2, 0) is 0 Å². The Bertz CT molecular complexity index is 414. The minimum absolute atomic E-state index is 0.0681. The zero-order valence-electron chi connectivity index (χ0n) is 10.0. The lowest BCUT2D eigenvalue weighted by atomic mass is 9.71. The van der Waals surface area contributed by atoms with Gasteiger partial charge in [-0.25, -0.2) is 4.39 Å². The van der Waals surface area contributed by atoms with Crippen molar-refractivity contribution < 1.29 is 9.18 Å². The second-order valence-corrected chi connectivity index (χ2v) is 4.57. The summed E-state index contributed by atoms with van der Waals surface area (Å²) < 4.78 is 13.6. The fourth-order valence-corrected chi connectivity index (χ4v) is 2.49. The molecule has 2 heterocycles. The van der Waals surface area contributed by atoms with Gasteiger partial charge in [0, 0.05) is 11.6 Å². The molecule has 0 amide bonds. The number of hydrogen-bond donors (Lipinski definition) is 1. The van der Waals surface area contributed by atoms with Crippen LogP contribution in [0.3, 0.4) is 0 Å². The lowest BCUT2D eigenvalue weighted by molar-refractivity contribution is 0.0713. The minimum Gasteiger partial charge on any atom is -0.317 e. The standard InChI is InChI=1S/C13H17FN2O/c1-2-13(4-7-15-8-5-13)12(17)10-3-6-16-9-11(10)14/h3,6,9,15H,2,4-5,7-8H2,1H3. The number of rotatable bonds is 3. The minimum atomic E-state index is -0.510. The average Bonchev–Trinajstić information content (AvgIpc) is 2.39. The van der Waals surface area contributed by atoms with E-state index in [1.807, 2.05) is 6.92 Å². The lowest BCUT2D eigenvalue weighted by Gasteiger charge is -2.35. The fourth-order valence-electron chi connectivity index (χ4n) is 2.49. The molecule has 1 aliphatic rings. The topological polar surface area (TPSA) is 42.0 Å². The molecule has 0 spiro atoms. The van der Waals surface area contributed by atoms with Crippen LogP contribution in [0.1, 0.15) is 36.5 Å². The SMILES string of the molecule is CCC1(C(=O)c2ccncc2F)CCNCC1. The molecule has 17 heavy (non-hydrogen) atoms. The monoisotopic (exact) mass is 236 g/mol. The van der Waals surface area contributed by atoms with Crippen molar-refractivity contribution in [2.75, 3.05) is 13.1 Å². The molecular formula is C13H17FN2O. The third-order valence-electron chi connectivity index (χ3n) is 3.74. The number of carbonyl (C=O) groups excluding carboxylic acids is 1. The summed E-state index contributed by atoms with van der Waals surface area (Å²) in [6.07, 6.45) is 4.90. The van der Waals surface area contributed by atoms with Gasteiger partial charge in [0.05, 0.1) is 11.8 Å². The van der Waals surface area contributed by atoms with E-state index in [9.17, 15) is 9.18 Å². The van der Waals surface area contributed by atoms with Gasteiger partial charge < -0.3 is 5.32 Å². The summed E-state index contributed by atoms with van der Waals surface area (Å²) >= 11 is 0. The van der Waals surface area contributed by atoms with Crippen molar-refractivity contribution in [2.24, 2.45) is 5.41 Å². The average molecular weight is 236 g/mol. The Labute approximate surface area is 100 Å². The zero-order valence-corrected chi connectivity index (χ0v) is 10.0. The number of carbonyl (C=O) groups is 1. The third kappa shape index (κ3) is 2.22. The van der Waals surface area contributed by atoms with E-state index in [4.69, 9.17) is 0 Å². The van der Waals surface area contributed by atoms with Crippen molar-refractivity contribution in [3.05, 3.63) is 29.8 Å². The predicted molar refractivity (Wildman–Crippen MR) is 63.4 cm³/mol. The number of ketones is 1. The molecule has 3 nitrogen and oxygen atoms in total. The molecule has 0 atom stereocenters. The lowest BCUT2D eigenvalue weighted by Crippen LogP contribution is -2.42. The van der Waals surface area contributed by atoms with Gasteiger partial charge in [-0.1, -0.05) is 6.92 Å². The van der Waals surface area contributed by atoms with Crippen LogP contribution in [0.2, 0.25) is 0 Å². The Morgan fingerprint density at radius 1 is 1.53 bits per heavy atom. The van der Waals surface area contributed by atoms with E-state index in [1.165, 1.54) is 12.3 Å². The van der Waals surface area contributed by atoms with Crippen LogP contribution in [-0.4, -0.2) is 23.9 Å². The maximum absolute atomic E-state index is 13.6. The van der Waals surface area contributed by atoms with Gasteiger partial charge in [0.25, 0.3) is 0 Å². The van der Waals surface area contributed by atoms with Crippen molar-refractivity contribution >= 4 is 5.78 Å². The molecule has 1 saturated heterocycles. The highest BCUT2D eigenvalue weighted by Gasteiger charge is 2.39. The normalized spacial score (nSPS) is 18.9. The number of nitrogens with one attached hydrogen (secondary N) is 1. The van der Waals surface area contributed by atoms with Crippen LogP contribution in [0.25, 0.3) is 0 Å². The Morgan fingerprint density at radius 2 is 2.24 bits per heavy atom. The van der Waals surface area contributed by atoms with E-state index in [1.54, 1.807) is 0 Å². The summed E-state index contributed by atoms with van der Waals surface area (Å²) in [6, 6.07) is 1.48. The number of piperidine rings is 1. The van der Waals surface area contributed by atoms with E-state index < -0.39 is 11.2 Å². The molecule has 92 valence electrons. The summed E-state index contributed by atoms with van der Waals surface area (Å²) in [5.41, 5.74) is -0.211. The fraction of sp³-hybridized carbons (Fsp3) is 0.538. The van der Waals surface area contributed by atoms with E-state index in [0.29, 0.717) is 0 Å². The van der Waals surface area contributed by atoms with Crippen LogP contribution < -0.4 is 5.32 Å². The summed E-state index contributed by atoms with van der Waals surface area (Å²) in [5, 5.41) is 3.24. The first-order valence-corrected chi connectivity index (χ1v) is 6.05. The van der Waals surface area contributed by atoms with Crippen LogP contribution in [0, 0.1) is 11.2 Å². The van der Waals surface area contributed by atoms with Gasteiger partial charge in [0.1, 0.15) is 0 Å². The van der Waals surface area contributed by atoms with Gasteiger partial charge in [-0.05, 0) is 38.4 Å². The summed E-state index contributed by atoms with van der Waals surface area (Å²) in [6.45, 7) is 3.65. The first kappa shape index (κ1) is 12.2. The van der Waals surface area contributed by atoms with Crippen LogP contribution >= 0.6 is 0 Å². The van der Waals surface area contributed by atoms with Crippen molar-refractivity contribution in [1.29, 1.82) is 0 Å². The molecule has 0 aromatic carbocycles. The molecule has 1 aliphatic heterocycles. The zero-order chi connectivity index (χ0) is 12.3. The highest BCUT2D eigenvalue weighted by atomic mass is 19.1. The molecule has 0 unspecified atom stereocenters. The number of halogens is 1. The quantitative estimate of drug-likeness (QED) is 0.818. The number of Topliss-reactive ketones (excluding diaryl/α,β-unsaturated/α-hetero) is 1. The van der Waals surface area contributed by atoms with Gasteiger partial charge in [-0.15, -0.1) is 0 Å².